The highest BCUT2D eigenvalue weighted by Crippen LogP contribution is 2.34. The summed E-state index contributed by atoms with van der Waals surface area (Å²) < 4.78 is 29.1. The smallest absolute Gasteiger partial charge is 0.279 e. The van der Waals surface area contributed by atoms with Crippen molar-refractivity contribution >= 4 is 10.2 Å². The van der Waals surface area contributed by atoms with Gasteiger partial charge in [0.05, 0.1) is 0 Å². The third kappa shape index (κ3) is 4.41. The van der Waals surface area contributed by atoms with E-state index in [1.54, 1.807) is 0 Å². The second-order valence-electron chi connectivity index (χ2n) is 5.96. The van der Waals surface area contributed by atoms with Gasteiger partial charge in [-0.15, -0.1) is 0 Å². The molecule has 0 aromatic heterocycles. The fraction of sp³-hybridized carbons (Fsp3) is 1.00. The lowest BCUT2D eigenvalue weighted by Crippen LogP contribution is -2.49. The molecule has 2 N–H and O–H groups in total. The summed E-state index contributed by atoms with van der Waals surface area (Å²) in [6.07, 6.45) is 6.05. The number of piperidine rings is 1. The minimum Gasteiger partial charge on any atom is -0.396 e. The van der Waals surface area contributed by atoms with Gasteiger partial charge < -0.3 is 5.11 Å². The van der Waals surface area contributed by atoms with Gasteiger partial charge in [-0.1, -0.05) is 19.8 Å². The quantitative estimate of drug-likeness (QED) is 0.738. The fourth-order valence-corrected chi connectivity index (χ4v) is 4.34. The standard InChI is InChI=1S/C13H26N2O3S/c1-2-13(8-11-5-6-11)14-19(17,18)15-7-3-4-12(9-15)10-16/h11-14,16H,2-10H2,1H3. The molecule has 2 unspecified atom stereocenters. The van der Waals surface area contributed by atoms with Crippen molar-refractivity contribution in [3.63, 3.8) is 0 Å². The Labute approximate surface area is 116 Å². The molecule has 2 rings (SSSR count). The minimum atomic E-state index is -3.38. The Bertz CT molecular complexity index is 381. The number of rotatable bonds is 7. The van der Waals surface area contributed by atoms with Crippen LogP contribution in [-0.2, 0) is 10.2 Å². The van der Waals surface area contributed by atoms with Gasteiger partial charge in [-0.2, -0.15) is 17.4 Å². The molecular weight excluding hydrogens is 264 g/mol. The van der Waals surface area contributed by atoms with Crippen LogP contribution in [0.15, 0.2) is 0 Å². The topological polar surface area (TPSA) is 69.6 Å². The Balaban J connectivity index is 1.91. The summed E-state index contributed by atoms with van der Waals surface area (Å²) >= 11 is 0. The Kier molecular flexibility index (Phi) is 5.22. The van der Waals surface area contributed by atoms with Crippen LogP contribution in [0.5, 0.6) is 0 Å². The van der Waals surface area contributed by atoms with Gasteiger partial charge in [-0.05, 0) is 37.5 Å². The SMILES string of the molecule is CCC(CC1CC1)NS(=O)(=O)N1CCCC(CO)C1. The van der Waals surface area contributed by atoms with Crippen LogP contribution >= 0.6 is 0 Å². The molecule has 2 fully saturated rings. The van der Waals surface area contributed by atoms with Crippen LogP contribution in [0.1, 0.15) is 45.4 Å². The molecule has 1 saturated carbocycles. The normalized spacial score (nSPS) is 27.4. The first-order chi connectivity index (χ1) is 9.05. The molecule has 2 atom stereocenters. The summed E-state index contributed by atoms with van der Waals surface area (Å²) in [5.74, 6) is 0.813. The second kappa shape index (κ2) is 6.52. The van der Waals surface area contributed by atoms with Crippen LogP contribution in [0.4, 0.5) is 0 Å². The van der Waals surface area contributed by atoms with Crippen molar-refractivity contribution in [2.45, 2.75) is 51.5 Å². The number of hydrogen-bond acceptors (Lipinski definition) is 3. The lowest BCUT2D eigenvalue weighted by molar-refractivity contribution is 0.164. The van der Waals surface area contributed by atoms with Crippen LogP contribution in [0.25, 0.3) is 0 Å². The van der Waals surface area contributed by atoms with Crippen molar-refractivity contribution in [2.24, 2.45) is 11.8 Å². The Hall–Kier alpha value is -0.170. The maximum Gasteiger partial charge on any atom is 0.279 e. The zero-order chi connectivity index (χ0) is 13.9. The monoisotopic (exact) mass is 290 g/mol. The van der Waals surface area contributed by atoms with Crippen molar-refractivity contribution in [2.75, 3.05) is 19.7 Å². The van der Waals surface area contributed by atoms with E-state index >= 15 is 0 Å². The van der Waals surface area contributed by atoms with Gasteiger partial charge in [-0.3, -0.25) is 0 Å². The van der Waals surface area contributed by atoms with E-state index in [1.807, 2.05) is 6.92 Å². The first kappa shape index (κ1) is 15.2. The average Bonchev–Trinajstić information content (AvgIpc) is 3.21. The van der Waals surface area contributed by atoms with Crippen LogP contribution < -0.4 is 4.72 Å². The van der Waals surface area contributed by atoms with Gasteiger partial charge in [0.2, 0.25) is 0 Å². The van der Waals surface area contributed by atoms with Crippen LogP contribution in [0.2, 0.25) is 0 Å². The molecule has 1 aliphatic heterocycles. The lowest BCUT2D eigenvalue weighted by atomic mass is 10.0. The molecule has 0 aromatic rings. The van der Waals surface area contributed by atoms with E-state index in [4.69, 9.17) is 0 Å². The molecule has 0 bridgehead atoms. The number of aliphatic hydroxyl groups excluding tert-OH is 1. The largest absolute Gasteiger partial charge is 0.396 e. The molecule has 19 heavy (non-hydrogen) atoms. The molecule has 2 aliphatic rings. The van der Waals surface area contributed by atoms with E-state index in [1.165, 1.54) is 17.1 Å². The lowest BCUT2D eigenvalue weighted by Gasteiger charge is -2.32. The highest BCUT2D eigenvalue weighted by molar-refractivity contribution is 7.87. The molecule has 0 radical (unpaired) electrons. The van der Waals surface area contributed by atoms with Gasteiger partial charge >= 0.3 is 0 Å². The molecule has 0 aromatic carbocycles. The molecule has 1 aliphatic carbocycles. The Morgan fingerprint density at radius 3 is 2.63 bits per heavy atom. The summed E-state index contributed by atoms with van der Waals surface area (Å²) in [5.41, 5.74) is 0. The molecule has 6 heteroatoms. The van der Waals surface area contributed by atoms with Gasteiger partial charge in [0.1, 0.15) is 0 Å². The van der Waals surface area contributed by atoms with Gasteiger partial charge in [-0.25, -0.2) is 0 Å². The van der Waals surface area contributed by atoms with Crippen molar-refractivity contribution in [1.29, 1.82) is 0 Å². The maximum absolute atomic E-state index is 12.4. The fourth-order valence-electron chi connectivity index (χ4n) is 2.73. The Morgan fingerprint density at radius 2 is 2.05 bits per heavy atom. The summed E-state index contributed by atoms with van der Waals surface area (Å²) in [6, 6.07) is 0.0620. The summed E-state index contributed by atoms with van der Waals surface area (Å²) in [4.78, 5) is 0. The van der Waals surface area contributed by atoms with E-state index < -0.39 is 10.2 Å². The van der Waals surface area contributed by atoms with Gasteiger partial charge in [0.15, 0.2) is 0 Å². The first-order valence-electron chi connectivity index (χ1n) is 7.43. The first-order valence-corrected chi connectivity index (χ1v) is 8.87. The van der Waals surface area contributed by atoms with E-state index in [0.717, 1.165) is 31.6 Å². The predicted molar refractivity (Wildman–Crippen MR) is 74.9 cm³/mol. The van der Waals surface area contributed by atoms with Crippen molar-refractivity contribution in [3.05, 3.63) is 0 Å². The van der Waals surface area contributed by atoms with E-state index in [0.29, 0.717) is 13.1 Å². The van der Waals surface area contributed by atoms with E-state index in [9.17, 15) is 13.5 Å². The van der Waals surface area contributed by atoms with Crippen molar-refractivity contribution in [1.82, 2.24) is 9.03 Å². The maximum atomic E-state index is 12.4. The zero-order valence-electron chi connectivity index (χ0n) is 11.7. The summed E-state index contributed by atoms with van der Waals surface area (Å²) in [6.45, 7) is 3.13. The molecular formula is C13H26N2O3S. The molecule has 0 spiro atoms. The predicted octanol–water partition coefficient (Wildman–Crippen LogP) is 1.10. The van der Waals surface area contributed by atoms with Crippen LogP contribution in [-0.4, -0.2) is 43.6 Å². The molecule has 112 valence electrons. The zero-order valence-corrected chi connectivity index (χ0v) is 12.5. The number of aliphatic hydroxyl groups is 1. The summed E-state index contributed by atoms with van der Waals surface area (Å²) in [5, 5.41) is 9.19. The van der Waals surface area contributed by atoms with Crippen LogP contribution in [0, 0.1) is 11.8 Å². The molecule has 1 saturated heterocycles. The molecule has 5 nitrogen and oxygen atoms in total. The second-order valence-corrected chi connectivity index (χ2v) is 7.66. The van der Waals surface area contributed by atoms with Gasteiger partial charge in [0, 0.05) is 25.7 Å². The molecule has 0 amide bonds. The third-order valence-electron chi connectivity index (χ3n) is 4.20. The number of nitrogens with zero attached hydrogens (tertiary/aromatic N) is 1. The van der Waals surface area contributed by atoms with E-state index in [2.05, 4.69) is 4.72 Å². The van der Waals surface area contributed by atoms with Gasteiger partial charge in [0.25, 0.3) is 10.2 Å². The van der Waals surface area contributed by atoms with E-state index in [-0.39, 0.29) is 18.6 Å². The van der Waals surface area contributed by atoms with Crippen molar-refractivity contribution in [3.8, 4) is 0 Å². The van der Waals surface area contributed by atoms with Crippen molar-refractivity contribution < 1.29 is 13.5 Å². The summed E-state index contributed by atoms with van der Waals surface area (Å²) in [7, 11) is -3.38. The minimum absolute atomic E-state index is 0.0620. The molecule has 1 heterocycles. The Morgan fingerprint density at radius 1 is 1.32 bits per heavy atom. The van der Waals surface area contributed by atoms with Crippen LogP contribution in [0.3, 0.4) is 0 Å². The highest BCUT2D eigenvalue weighted by Gasteiger charge is 2.32. The number of nitrogens with one attached hydrogen (secondary N) is 1. The average molecular weight is 290 g/mol. The highest BCUT2D eigenvalue weighted by atomic mass is 32.2. The third-order valence-corrected chi connectivity index (χ3v) is 5.85. The number of hydrogen-bond donors (Lipinski definition) is 2.